The Morgan fingerprint density at radius 1 is 0.750 bits per heavy atom. The third kappa shape index (κ3) is 6.19. The molecule has 0 unspecified atom stereocenters. The number of ether oxygens (including phenoxy) is 2. The number of halogens is 6. The minimum absolute atomic E-state index is 0.138. The van der Waals surface area contributed by atoms with Gasteiger partial charge in [-0.2, -0.15) is 0 Å². The number of rotatable bonds is 4. The highest BCUT2D eigenvalue weighted by molar-refractivity contribution is 5.82. The lowest BCUT2D eigenvalue weighted by molar-refractivity contribution is -0.275. The lowest BCUT2D eigenvalue weighted by atomic mass is 10.2. The second kappa shape index (κ2) is 6.81. The van der Waals surface area contributed by atoms with Crippen molar-refractivity contribution < 1.29 is 35.8 Å². The summed E-state index contributed by atoms with van der Waals surface area (Å²) in [6, 6.07) is 9.85. The van der Waals surface area contributed by atoms with E-state index in [2.05, 4.69) is 14.5 Å². The van der Waals surface area contributed by atoms with Crippen LogP contribution in [0.4, 0.5) is 32.0 Å². The molecule has 0 aliphatic heterocycles. The van der Waals surface area contributed by atoms with Gasteiger partial charge in [0.05, 0.1) is 5.69 Å². The normalized spacial score (nSPS) is 12.4. The maximum Gasteiger partial charge on any atom is 0.573 e. The van der Waals surface area contributed by atoms with E-state index in [4.69, 9.17) is 0 Å². The molecule has 0 aliphatic rings. The van der Waals surface area contributed by atoms with Crippen molar-refractivity contribution in [3.63, 3.8) is 0 Å². The molecule has 0 saturated carbocycles. The van der Waals surface area contributed by atoms with Crippen LogP contribution < -0.4 is 9.47 Å². The predicted molar refractivity (Wildman–Crippen MR) is 73.5 cm³/mol. The fourth-order valence-corrected chi connectivity index (χ4v) is 1.70. The first-order chi connectivity index (χ1) is 11.1. The topological polar surface area (TPSA) is 30.8 Å². The second-order valence-corrected chi connectivity index (χ2v) is 4.42. The summed E-state index contributed by atoms with van der Waals surface area (Å²) in [6.45, 7) is 0. The van der Waals surface area contributed by atoms with Gasteiger partial charge < -0.3 is 9.47 Å². The van der Waals surface area contributed by atoms with E-state index in [0.717, 1.165) is 24.3 Å². The molecule has 0 radical (unpaired) electrons. The molecule has 9 heteroatoms. The Morgan fingerprint density at radius 2 is 1.29 bits per heavy atom. The minimum atomic E-state index is -4.83. The van der Waals surface area contributed by atoms with Gasteiger partial charge in [-0.25, -0.2) is 0 Å². The van der Waals surface area contributed by atoms with Crippen molar-refractivity contribution >= 4 is 11.9 Å². The van der Waals surface area contributed by atoms with E-state index in [1.807, 2.05) is 0 Å². The van der Waals surface area contributed by atoms with Crippen LogP contribution in [0.15, 0.2) is 53.5 Å². The average molecular weight is 349 g/mol. The Kier molecular flexibility index (Phi) is 5.01. The number of nitrogens with zero attached hydrogens (tertiary/aromatic N) is 1. The zero-order valence-electron chi connectivity index (χ0n) is 11.7. The number of hydrogen-bond acceptors (Lipinski definition) is 3. The molecule has 0 amide bonds. The minimum Gasteiger partial charge on any atom is -0.406 e. The molecule has 3 nitrogen and oxygen atoms in total. The Bertz CT molecular complexity index is 663. The van der Waals surface area contributed by atoms with E-state index in [1.54, 1.807) is 0 Å². The highest BCUT2D eigenvalue weighted by atomic mass is 19.4. The number of hydrogen-bond donors (Lipinski definition) is 0. The quantitative estimate of drug-likeness (QED) is 0.559. The molecule has 0 heterocycles. The Labute approximate surface area is 132 Å². The summed E-state index contributed by atoms with van der Waals surface area (Å²) < 4.78 is 80.3. The van der Waals surface area contributed by atoms with E-state index in [-0.39, 0.29) is 11.3 Å². The highest BCUT2D eigenvalue weighted by Crippen LogP contribution is 2.27. The molecule has 2 aromatic rings. The van der Waals surface area contributed by atoms with Gasteiger partial charge in [0, 0.05) is 12.3 Å². The lowest BCUT2D eigenvalue weighted by Crippen LogP contribution is -2.17. The number of alkyl halides is 6. The van der Waals surface area contributed by atoms with Gasteiger partial charge in [-0.05, 0) is 29.8 Å². The lowest BCUT2D eigenvalue weighted by Gasteiger charge is -2.09. The fourth-order valence-electron chi connectivity index (χ4n) is 1.70. The Hall–Kier alpha value is -2.71. The van der Waals surface area contributed by atoms with E-state index in [9.17, 15) is 26.3 Å². The van der Waals surface area contributed by atoms with E-state index >= 15 is 0 Å². The molecule has 0 fully saturated rings. The molecule has 2 rings (SSSR count). The monoisotopic (exact) mass is 349 g/mol. The summed E-state index contributed by atoms with van der Waals surface area (Å²) in [4.78, 5) is 3.90. The first-order valence-corrected chi connectivity index (χ1v) is 6.36. The van der Waals surface area contributed by atoms with Gasteiger partial charge in [0.1, 0.15) is 11.5 Å². The van der Waals surface area contributed by atoms with Gasteiger partial charge in [-0.15, -0.1) is 26.3 Å². The van der Waals surface area contributed by atoms with Crippen LogP contribution in [0, 0.1) is 0 Å². The van der Waals surface area contributed by atoms with E-state index < -0.39 is 24.2 Å². The molecular weight excluding hydrogens is 340 g/mol. The summed E-state index contributed by atoms with van der Waals surface area (Å²) in [5.41, 5.74) is 0.415. The van der Waals surface area contributed by atoms with Crippen molar-refractivity contribution in [2.45, 2.75) is 12.7 Å². The molecule has 24 heavy (non-hydrogen) atoms. The summed E-state index contributed by atoms with van der Waals surface area (Å²) in [6.07, 6.45) is -8.46. The van der Waals surface area contributed by atoms with Crippen LogP contribution in [-0.2, 0) is 0 Å². The van der Waals surface area contributed by atoms with Crippen LogP contribution in [0.3, 0.4) is 0 Å². The molecule has 2 aromatic carbocycles. The first kappa shape index (κ1) is 17.6. The molecule has 0 bridgehead atoms. The van der Waals surface area contributed by atoms with Crippen molar-refractivity contribution in [3.05, 3.63) is 54.1 Å². The molecule has 0 spiro atoms. The largest absolute Gasteiger partial charge is 0.573 e. The van der Waals surface area contributed by atoms with Crippen molar-refractivity contribution in [2.24, 2.45) is 4.99 Å². The summed E-state index contributed by atoms with van der Waals surface area (Å²) in [5, 5.41) is 0. The average Bonchev–Trinajstić information content (AvgIpc) is 2.42. The van der Waals surface area contributed by atoms with Crippen LogP contribution in [0.5, 0.6) is 11.5 Å². The zero-order valence-corrected chi connectivity index (χ0v) is 11.7. The molecule has 0 N–H and O–H groups in total. The standard InChI is InChI=1S/C15H9F6NO2/c16-14(17,18)23-12-5-1-3-10(7-12)9-22-11-4-2-6-13(8-11)24-15(19,20)21/h1-9H. The second-order valence-electron chi connectivity index (χ2n) is 4.42. The smallest absolute Gasteiger partial charge is 0.406 e. The van der Waals surface area contributed by atoms with Gasteiger partial charge in [0.15, 0.2) is 0 Å². The van der Waals surface area contributed by atoms with Crippen molar-refractivity contribution in [3.8, 4) is 11.5 Å². The molecule has 0 aliphatic carbocycles. The summed E-state index contributed by atoms with van der Waals surface area (Å²) in [7, 11) is 0. The van der Waals surface area contributed by atoms with Crippen molar-refractivity contribution in [1.29, 1.82) is 0 Å². The third-order valence-electron chi connectivity index (χ3n) is 2.51. The van der Waals surface area contributed by atoms with Crippen LogP contribution >= 0.6 is 0 Å². The molecule has 0 atom stereocenters. The number of aliphatic imine (C=N–C) groups is 1. The molecular formula is C15H9F6NO2. The van der Waals surface area contributed by atoms with Crippen LogP contribution in [0.1, 0.15) is 5.56 Å². The third-order valence-corrected chi connectivity index (χ3v) is 2.51. The predicted octanol–water partition coefficient (Wildman–Crippen LogP) is 5.23. The van der Waals surface area contributed by atoms with Gasteiger partial charge >= 0.3 is 12.7 Å². The molecule has 0 aromatic heterocycles. The maximum atomic E-state index is 12.1. The van der Waals surface area contributed by atoms with Crippen LogP contribution in [0.2, 0.25) is 0 Å². The molecule has 0 saturated heterocycles. The summed E-state index contributed by atoms with van der Waals surface area (Å²) >= 11 is 0. The van der Waals surface area contributed by atoms with Gasteiger partial charge in [-0.3, -0.25) is 4.99 Å². The Morgan fingerprint density at radius 3 is 1.88 bits per heavy atom. The van der Waals surface area contributed by atoms with Gasteiger partial charge in [0.2, 0.25) is 0 Å². The van der Waals surface area contributed by atoms with Gasteiger partial charge in [0.25, 0.3) is 0 Å². The first-order valence-electron chi connectivity index (χ1n) is 6.36. The van der Waals surface area contributed by atoms with E-state index in [1.165, 1.54) is 30.5 Å². The molecule has 128 valence electrons. The van der Waals surface area contributed by atoms with Crippen molar-refractivity contribution in [2.75, 3.05) is 0 Å². The van der Waals surface area contributed by atoms with Crippen LogP contribution in [-0.4, -0.2) is 18.9 Å². The fraction of sp³-hybridized carbons (Fsp3) is 0.133. The van der Waals surface area contributed by atoms with Crippen molar-refractivity contribution in [1.82, 2.24) is 0 Å². The summed E-state index contributed by atoms with van der Waals surface area (Å²) in [5.74, 6) is -0.882. The highest BCUT2D eigenvalue weighted by Gasteiger charge is 2.31. The number of benzene rings is 2. The Balaban J connectivity index is 2.13. The van der Waals surface area contributed by atoms with E-state index in [0.29, 0.717) is 0 Å². The SMILES string of the molecule is FC(F)(F)Oc1cccc(C=Nc2cccc(OC(F)(F)F)c2)c1. The maximum absolute atomic E-state index is 12.1. The zero-order chi connectivity index (χ0) is 17.8. The van der Waals surface area contributed by atoms with Gasteiger partial charge in [-0.1, -0.05) is 18.2 Å². The van der Waals surface area contributed by atoms with Crippen LogP contribution in [0.25, 0.3) is 0 Å².